The number of hydrogen-bond donors (Lipinski definition) is 0. The van der Waals surface area contributed by atoms with Crippen LogP contribution in [-0.4, -0.2) is 0 Å². The van der Waals surface area contributed by atoms with Gasteiger partial charge in [0, 0.05) is 0 Å². The van der Waals surface area contributed by atoms with Crippen molar-refractivity contribution in [2.45, 2.75) is 98.3 Å². The first-order valence-electron chi connectivity index (χ1n) is 12.4. The third-order valence-electron chi connectivity index (χ3n) is 5.52. The normalized spacial score (nSPS) is 12.4. The molecular formula is C30H45N. The first kappa shape index (κ1) is 28.7. The Morgan fingerprint density at radius 3 is 1.94 bits per heavy atom. The summed E-state index contributed by atoms with van der Waals surface area (Å²) < 4.78 is 0. The van der Waals surface area contributed by atoms with Crippen LogP contribution in [0.5, 0.6) is 0 Å². The fourth-order valence-electron chi connectivity index (χ4n) is 3.77. The van der Waals surface area contributed by atoms with E-state index in [1.54, 1.807) is 0 Å². The van der Waals surface area contributed by atoms with E-state index in [9.17, 15) is 0 Å². The molecule has 0 heterocycles. The highest BCUT2D eigenvalue weighted by molar-refractivity contribution is 5.20. The van der Waals surface area contributed by atoms with Crippen molar-refractivity contribution in [1.29, 1.82) is 5.26 Å². The lowest BCUT2D eigenvalue weighted by atomic mass is 9.90. The summed E-state index contributed by atoms with van der Waals surface area (Å²) in [7, 11) is 0. The van der Waals surface area contributed by atoms with Crippen molar-refractivity contribution in [2.24, 2.45) is 0 Å². The molecule has 0 aliphatic carbocycles. The molecule has 0 aromatic heterocycles. The molecule has 1 nitrogen and oxygen atoms in total. The van der Waals surface area contributed by atoms with Gasteiger partial charge in [0.1, 0.15) is 0 Å². The summed E-state index contributed by atoms with van der Waals surface area (Å²) in [4.78, 5) is 0. The van der Waals surface area contributed by atoms with E-state index >= 15 is 0 Å². The average molecular weight is 420 g/mol. The standard InChI is InChI=1S/C26H33N.2C2H6/c1-3-24(26-17-8-5-9-18-26)19-11-14-23(20-21-27)13-10-12-22(2)25-15-6-4-7-16-25;2*1-2/h4-9,14-18,22,24H,3,10-13,19-20H2,1-2H3;2*1-2H3. The average Bonchev–Trinajstić information content (AvgIpc) is 2.85. The third kappa shape index (κ3) is 12.2. The topological polar surface area (TPSA) is 23.8 Å². The van der Waals surface area contributed by atoms with Crippen LogP contribution in [0.4, 0.5) is 0 Å². The molecule has 0 fully saturated rings. The van der Waals surface area contributed by atoms with Gasteiger partial charge < -0.3 is 0 Å². The second-order valence-corrected chi connectivity index (χ2v) is 7.49. The van der Waals surface area contributed by atoms with Crippen LogP contribution in [0, 0.1) is 11.3 Å². The van der Waals surface area contributed by atoms with E-state index in [1.165, 1.54) is 29.5 Å². The highest BCUT2D eigenvalue weighted by Gasteiger charge is 2.09. The van der Waals surface area contributed by atoms with Gasteiger partial charge in [0.05, 0.1) is 12.5 Å². The number of benzene rings is 2. The van der Waals surface area contributed by atoms with E-state index in [1.807, 2.05) is 27.7 Å². The van der Waals surface area contributed by atoms with Crippen LogP contribution in [0.25, 0.3) is 0 Å². The van der Waals surface area contributed by atoms with Gasteiger partial charge in [-0.3, -0.25) is 0 Å². The van der Waals surface area contributed by atoms with Gasteiger partial charge in [-0.15, -0.1) is 0 Å². The summed E-state index contributed by atoms with van der Waals surface area (Å²) in [5, 5.41) is 9.17. The van der Waals surface area contributed by atoms with Gasteiger partial charge in [0.25, 0.3) is 0 Å². The Morgan fingerprint density at radius 1 is 0.871 bits per heavy atom. The zero-order valence-electron chi connectivity index (χ0n) is 20.9. The van der Waals surface area contributed by atoms with Crippen molar-refractivity contribution in [3.05, 3.63) is 83.4 Å². The summed E-state index contributed by atoms with van der Waals surface area (Å²) in [6, 6.07) is 23.9. The lowest BCUT2D eigenvalue weighted by Gasteiger charge is -2.15. The van der Waals surface area contributed by atoms with E-state index in [0.29, 0.717) is 18.3 Å². The first-order valence-corrected chi connectivity index (χ1v) is 12.4. The quantitative estimate of drug-likeness (QED) is 0.332. The molecule has 0 aliphatic heterocycles. The summed E-state index contributed by atoms with van der Waals surface area (Å²) in [6.07, 6.45) is 9.68. The van der Waals surface area contributed by atoms with Crippen LogP contribution >= 0.6 is 0 Å². The summed E-state index contributed by atoms with van der Waals surface area (Å²) in [5.41, 5.74) is 4.17. The number of nitrogens with zero attached hydrogens (tertiary/aromatic N) is 1. The molecule has 0 saturated carbocycles. The second kappa shape index (κ2) is 19.6. The van der Waals surface area contributed by atoms with Crippen molar-refractivity contribution in [3.8, 4) is 6.07 Å². The molecule has 2 unspecified atom stereocenters. The Hall–Kier alpha value is -2.33. The molecule has 2 atom stereocenters. The van der Waals surface area contributed by atoms with E-state index < -0.39 is 0 Å². The minimum atomic E-state index is 0.571. The lowest BCUT2D eigenvalue weighted by Crippen LogP contribution is -1.97. The maximum atomic E-state index is 9.17. The highest BCUT2D eigenvalue weighted by Crippen LogP contribution is 2.26. The van der Waals surface area contributed by atoms with E-state index in [2.05, 4.69) is 86.7 Å². The van der Waals surface area contributed by atoms with E-state index in [-0.39, 0.29) is 0 Å². The van der Waals surface area contributed by atoms with Gasteiger partial charge in [-0.05, 0) is 61.5 Å². The Bertz CT molecular complexity index is 709. The molecule has 0 spiro atoms. The van der Waals surface area contributed by atoms with Crippen molar-refractivity contribution in [3.63, 3.8) is 0 Å². The molecule has 2 aromatic carbocycles. The molecule has 0 N–H and O–H groups in total. The summed E-state index contributed by atoms with van der Waals surface area (Å²) >= 11 is 0. The second-order valence-electron chi connectivity index (χ2n) is 7.49. The van der Waals surface area contributed by atoms with Crippen LogP contribution in [0.3, 0.4) is 0 Å². The van der Waals surface area contributed by atoms with Crippen LogP contribution < -0.4 is 0 Å². The fraction of sp³-hybridized carbons (Fsp3) is 0.500. The van der Waals surface area contributed by atoms with Crippen molar-refractivity contribution < 1.29 is 0 Å². The predicted octanol–water partition coefficient (Wildman–Crippen LogP) is 9.83. The Labute approximate surface area is 193 Å². The number of hydrogen-bond acceptors (Lipinski definition) is 1. The summed E-state index contributed by atoms with van der Waals surface area (Å²) in [5.74, 6) is 1.20. The number of nitriles is 1. The zero-order valence-corrected chi connectivity index (χ0v) is 20.9. The smallest absolute Gasteiger partial charge is 0.0666 e. The number of rotatable bonds is 11. The molecule has 0 saturated heterocycles. The Kier molecular flexibility index (Phi) is 18.1. The molecule has 0 radical (unpaired) electrons. The van der Waals surface area contributed by atoms with Gasteiger partial charge in [-0.25, -0.2) is 0 Å². The maximum absolute atomic E-state index is 9.17. The van der Waals surface area contributed by atoms with Gasteiger partial charge in [0.2, 0.25) is 0 Å². The third-order valence-corrected chi connectivity index (χ3v) is 5.52. The maximum Gasteiger partial charge on any atom is 0.0666 e. The molecule has 2 rings (SSSR count). The molecule has 31 heavy (non-hydrogen) atoms. The van der Waals surface area contributed by atoms with E-state index in [0.717, 1.165) is 25.7 Å². The van der Waals surface area contributed by atoms with Crippen molar-refractivity contribution in [2.75, 3.05) is 0 Å². The van der Waals surface area contributed by atoms with Crippen molar-refractivity contribution >= 4 is 0 Å². The van der Waals surface area contributed by atoms with Gasteiger partial charge in [-0.1, -0.05) is 114 Å². The molecule has 2 aromatic rings. The Morgan fingerprint density at radius 2 is 1.42 bits per heavy atom. The predicted molar refractivity (Wildman–Crippen MR) is 138 cm³/mol. The van der Waals surface area contributed by atoms with Crippen LogP contribution in [0.2, 0.25) is 0 Å². The SMILES string of the molecule is CC.CC.CCC(CCC=C(CC#N)CCCC(C)c1ccccc1)c1ccccc1. The Balaban J connectivity index is 0.00000212. The zero-order chi connectivity index (χ0) is 23.3. The van der Waals surface area contributed by atoms with Crippen LogP contribution in [0.1, 0.15) is 109 Å². The molecule has 0 bridgehead atoms. The minimum absolute atomic E-state index is 0.571. The fourth-order valence-corrected chi connectivity index (χ4v) is 3.77. The van der Waals surface area contributed by atoms with Gasteiger partial charge in [0.15, 0.2) is 0 Å². The van der Waals surface area contributed by atoms with Gasteiger partial charge >= 0.3 is 0 Å². The summed E-state index contributed by atoms with van der Waals surface area (Å²) in [6.45, 7) is 12.6. The minimum Gasteiger partial charge on any atom is -0.198 e. The van der Waals surface area contributed by atoms with E-state index in [4.69, 9.17) is 5.26 Å². The number of allylic oxidation sites excluding steroid dienone is 2. The molecule has 1 heteroatoms. The first-order chi connectivity index (χ1) is 15.2. The highest BCUT2D eigenvalue weighted by atomic mass is 14.2. The van der Waals surface area contributed by atoms with Gasteiger partial charge in [-0.2, -0.15) is 5.26 Å². The van der Waals surface area contributed by atoms with Crippen molar-refractivity contribution in [1.82, 2.24) is 0 Å². The molecular weight excluding hydrogens is 374 g/mol. The lowest BCUT2D eigenvalue weighted by molar-refractivity contribution is 0.606. The molecule has 0 amide bonds. The molecule has 0 aliphatic rings. The molecule has 170 valence electrons. The van der Waals surface area contributed by atoms with Crippen LogP contribution in [-0.2, 0) is 0 Å². The van der Waals surface area contributed by atoms with Crippen LogP contribution in [0.15, 0.2) is 72.3 Å². The largest absolute Gasteiger partial charge is 0.198 e. The monoisotopic (exact) mass is 419 g/mol.